The van der Waals surface area contributed by atoms with Gasteiger partial charge in [-0.05, 0) is 30.3 Å². The van der Waals surface area contributed by atoms with Gasteiger partial charge in [0.05, 0.1) is 18.9 Å². The van der Waals surface area contributed by atoms with E-state index in [1.165, 1.54) is 6.33 Å². The molecule has 0 saturated carbocycles. The number of nitrogen functional groups attached to an aromatic ring is 1. The molecule has 1 amide bonds. The van der Waals surface area contributed by atoms with Crippen molar-refractivity contribution in [3.05, 3.63) is 59.8 Å². The number of hydrogen-bond donors (Lipinski definition) is 2. The van der Waals surface area contributed by atoms with Crippen LogP contribution in [0.25, 0.3) is 16.7 Å². The highest BCUT2D eigenvalue weighted by Crippen LogP contribution is 2.35. The molecule has 1 aliphatic heterocycles. The number of benzene rings is 1. The van der Waals surface area contributed by atoms with E-state index in [2.05, 4.69) is 20.4 Å². The lowest BCUT2D eigenvalue weighted by molar-refractivity contribution is -0.141. The molecule has 9 nitrogen and oxygen atoms in total. The van der Waals surface area contributed by atoms with Crippen LogP contribution in [0.3, 0.4) is 0 Å². The number of rotatable bonds is 4. The van der Waals surface area contributed by atoms with Gasteiger partial charge in [0.15, 0.2) is 11.5 Å². The van der Waals surface area contributed by atoms with Crippen molar-refractivity contribution in [1.82, 2.24) is 24.3 Å². The van der Waals surface area contributed by atoms with Gasteiger partial charge in [-0.3, -0.25) is 9.48 Å². The quantitative estimate of drug-likeness (QED) is 0.502. The number of carbonyl (C=O) groups is 1. The number of hydrogen-bond acceptors (Lipinski definition) is 6. The van der Waals surface area contributed by atoms with Gasteiger partial charge in [-0.1, -0.05) is 0 Å². The van der Waals surface area contributed by atoms with Gasteiger partial charge in [0.25, 0.3) is 0 Å². The number of anilines is 2. The Bertz CT molecular complexity index is 1330. The molecule has 0 unspecified atom stereocenters. The van der Waals surface area contributed by atoms with Crippen LogP contribution in [0.5, 0.6) is 0 Å². The van der Waals surface area contributed by atoms with Crippen molar-refractivity contribution < 1.29 is 22.7 Å². The molecule has 32 heavy (non-hydrogen) atoms. The third kappa shape index (κ3) is 3.43. The van der Waals surface area contributed by atoms with E-state index in [0.29, 0.717) is 30.2 Å². The van der Waals surface area contributed by atoms with Crippen LogP contribution in [-0.2, 0) is 35.5 Å². The number of aromatic nitrogens is 5. The zero-order valence-corrected chi connectivity index (χ0v) is 16.4. The van der Waals surface area contributed by atoms with E-state index >= 15 is 0 Å². The van der Waals surface area contributed by atoms with Gasteiger partial charge in [0.1, 0.15) is 23.9 Å². The highest BCUT2D eigenvalue weighted by molar-refractivity contribution is 5.92. The number of fused-ring (bicyclic) bond motifs is 3. The molecule has 4 heterocycles. The smallest absolute Gasteiger partial charge is 0.382 e. The van der Waals surface area contributed by atoms with Gasteiger partial charge < -0.3 is 20.4 Å². The second-order valence-corrected chi connectivity index (χ2v) is 7.20. The number of amides is 1. The average Bonchev–Trinajstić information content (AvgIpc) is 3.45. The van der Waals surface area contributed by atoms with Crippen molar-refractivity contribution in [2.45, 2.75) is 25.9 Å². The van der Waals surface area contributed by atoms with E-state index in [0.717, 1.165) is 39.4 Å². The maximum atomic E-state index is 12.6. The number of alkyl halides is 3. The largest absolute Gasteiger partial charge is 0.435 e. The lowest BCUT2D eigenvalue weighted by Gasteiger charge is -2.12. The van der Waals surface area contributed by atoms with Crippen molar-refractivity contribution in [2.75, 3.05) is 11.1 Å². The molecule has 5 rings (SSSR count). The van der Waals surface area contributed by atoms with E-state index in [4.69, 9.17) is 10.5 Å². The first-order valence-electron chi connectivity index (χ1n) is 9.52. The highest BCUT2D eigenvalue weighted by atomic mass is 19.4. The Morgan fingerprint density at radius 2 is 1.94 bits per heavy atom. The van der Waals surface area contributed by atoms with E-state index in [1.807, 2.05) is 4.57 Å². The Morgan fingerprint density at radius 3 is 2.66 bits per heavy atom. The van der Waals surface area contributed by atoms with Crippen molar-refractivity contribution >= 4 is 28.4 Å². The summed E-state index contributed by atoms with van der Waals surface area (Å²) >= 11 is 0. The van der Waals surface area contributed by atoms with Gasteiger partial charge in [0, 0.05) is 23.1 Å². The molecule has 3 aromatic heterocycles. The summed E-state index contributed by atoms with van der Waals surface area (Å²) in [4.78, 5) is 20.7. The SMILES string of the molecule is Nc1ncnc2c3c(n(-c4ccc(NC(=O)Cn5ccc(C(F)(F)F)n5)cc4)c12)COC3. The van der Waals surface area contributed by atoms with Crippen LogP contribution in [0, 0.1) is 0 Å². The van der Waals surface area contributed by atoms with Crippen LogP contribution >= 0.6 is 0 Å². The van der Waals surface area contributed by atoms with E-state index in [-0.39, 0.29) is 6.54 Å². The van der Waals surface area contributed by atoms with Gasteiger partial charge in [-0.15, -0.1) is 0 Å². The predicted octanol–water partition coefficient (Wildman–Crippen LogP) is 2.89. The van der Waals surface area contributed by atoms with E-state index in [9.17, 15) is 18.0 Å². The fraction of sp³-hybridized carbons (Fsp3) is 0.200. The number of nitrogens with two attached hydrogens (primary N) is 1. The summed E-state index contributed by atoms with van der Waals surface area (Å²) in [5, 5.41) is 6.02. The molecule has 1 aromatic carbocycles. The van der Waals surface area contributed by atoms with Gasteiger partial charge >= 0.3 is 6.18 Å². The third-order valence-corrected chi connectivity index (χ3v) is 5.11. The third-order valence-electron chi connectivity index (χ3n) is 5.11. The lowest BCUT2D eigenvalue weighted by atomic mass is 10.2. The van der Waals surface area contributed by atoms with Crippen molar-refractivity contribution in [3.8, 4) is 5.69 Å². The van der Waals surface area contributed by atoms with E-state index < -0.39 is 17.8 Å². The van der Waals surface area contributed by atoms with Crippen LogP contribution in [0.2, 0.25) is 0 Å². The molecular weight excluding hydrogens is 427 g/mol. The molecule has 1 aliphatic rings. The van der Waals surface area contributed by atoms with Gasteiger partial charge in [-0.25, -0.2) is 9.97 Å². The van der Waals surface area contributed by atoms with Gasteiger partial charge in [-0.2, -0.15) is 18.3 Å². The fourth-order valence-corrected chi connectivity index (χ4v) is 3.72. The second kappa shape index (κ2) is 7.34. The van der Waals surface area contributed by atoms with Crippen LogP contribution in [0.15, 0.2) is 42.9 Å². The lowest BCUT2D eigenvalue weighted by Crippen LogP contribution is -2.19. The Kier molecular flexibility index (Phi) is 4.59. The molecule has 4 aromatic rings. The minimum atomic E-state index is -4.56. The average molecular weight is 443 g/mol. The number of nitrogens with zero attached hydrogens (tertiary/aromatic N) is 5. The molecule has 3 N–H and O–H groups in total. The predicted molar refractivity (Wildman–Crippen MR) is 108 cm³/mol. The highest BCUT2D eigenvalue weighted by Gasteiger charge is 2.33. The number of ether oxygens (including phenoxy) is 1. The Morgan fingerprint density at radius 1 is 1.16 bits per heavy atom. The molecule has 0 aliphatic carbocycles. The zero-order valence-electron chi connectivity index (χ0n) is 16.4. The van der Waals surface area contributed by atoms with Crippen molar-refractivity contribution in [2.24, 2.45) is 0 Å². The zero-order chi connectivity index (χ0) is 22.5. The molecule has 0 saturated heterocycles. The fourth-order valence-electron chi connectivity index (χ4n) is 3.72. The first-order valence-corrected chi connectivity index (χ1v) is 9.52. The monoisotopic (exact) mass is 443 g/mol. The van der Waals surface area contributed by atoms with Crippen molar-refractivity contribution in [1.29, 1.82) is 0 Å². The normalized spacial score (nSPS) is 13.5. The molecule has 0 spiro atoms. The van der Waals surface area contributed by atoms with Crippen LogP contribution in [0.1, 0.15) is 17.0 Å². The second-order valence-electron chi connectivity index (χ2n) is 7.20. The topological polar surface area (TPSA) is 113 Å². The molecule has 0 bridgehead atoms. The summed E-state index contributed by atoms with van der Waals surface area (Å²) in [6.45, 7) is 0.499. The number of nitrogens with one attached hydrogen (secondary N) is 1. The molecule has 0 fully saturated rings. The van der Waals surface area contributed by atoms with Crippen LogP contribution in [-0.4, -0.2) is 30.2 Å². The van der Waals surface area contributed by atoms with Crippen molar-refractivity contribution in [3.63, 3.8) is 0 Å². The number of halogens is 3. The summed E-state index contributed by atoms with van der Waals surface area (Å²) in [7, 11) is 0. The summed E-state index contributed by atoms with van der Waals surface area (Å²) in [6, 6.07) is 7.77. The summed E-state index contributed by atoms with van der Waals surface area (Å²) in [5.41, 5.74) is 9.64. The maximum absolute atomic E-state index is 12.6. The first-order chi connectivity index (χ1) is 15.3. The van der Waals surface area contributed by atoms with Crippen LogP contribution < -0.4 is 11.1 Å². The minimum absolute atomic E-state index is 0.347. The standard InChI is InChI=1S/C20H16F3N7O2/c21-20(22,23)15-5-6-29(28-15)7-16(31)27-11-1-3-12(4-2-11)30-14-9-32-8-13(14)17-18(30)19(24)26-10-25-17/h1-6,10H,7-9H2,(H,27,31)(H2,24,25,26). The molecule has 0 atom stereocenters. The Hall–Kier alpha value is -3.93. The molecule has 164 valence electrons. The molecule has 0 radical (unpaired) electrons. The Balaban J connectivity index is 1.37. The molecular formula is C20H16F3N7O2. The van der Waals surface area contributed by atoms with Crippen LogP contribution in [0.4, 0.5) is 24.7 Å². The summed E-state index contributed by atoms with van der Waals surface area (Å²) < 4.78 is 46.4. The minimum Gasteiger partial charge on any atom is -0.382 e. The van der Waals surface area contributed by atoms with Gasteiger partial charge in [0.2, 0.25) is 5.91 Å². The summed E-state index contributed by atoms with van der Waals surface area (Å²) in [6.07, 6.45) is -2.03. The number of carbonyl (C=O) groups excluding carboxylic acids is 1. The van der Waals surface area contributed by atoms with E-state index in [1.54, 1.807) is 24.3 Å². The molecule has 12 heteroatoms. The first kappa shape index (κ1) is 20.0. The maximum Gasteiger partial charge on any atom is 0.435 e. The Labute approximate surface area is 178 Å². The summed E-state index contributed by atoms with van der Waals surface area (Å²) in [5.74, 6) is -0.160.